The van der Waals surface area contributed by atoms with Crippen LogP contribution in [0.5, 0.6) is 11.5 Å². The summed E-state index contributed by atoms with van der Waals surface area (Å²) in [5.41, 5.74) is -0.312. The van der Waals surface area contributed by atoms with Crippen molar-refractivity contribution in [3.8, 4) is 11.5 Å². The number of aliphatic hydroxyl groups excluding tert-OH is 1. The maximum absolute atomic E-state index is 15.9. The van der Waals surface area contributed by atoms with Crippen molar-refractivity contribution < 1.29 is 28.6 Å². The third kappa shape index (κ3) is 5.71. The van der Waals surface area contributed by atoms with Crippen LogP contribution in [0.2, 0.25) is 5.02 Å². The fourth-order valence-corrected chi connectivity index (χ4v) is 6.73. The minimum absolute atomic E-state index is 0.0964. The second kappa shape index (κ2) is 12.0. The molecule has 1 saturated heterocycles. The lowest BCUT2D eigenvalue weighted by molar-refractivity contribution is -0.122. The number of carbonyl (C=O) groups is 2. The van der Waals surface area contributed by atoms with Crippen molar-refractivity contribution in [3.05, 3.63) is 75.2 Å². The van der Waals surface area contributed by atoms with E-state index in [4.69, 9.17) is 26.2 Å². The molecular formula is C31H33BrClFN4O5. The van der Waals surface area contributed by atoms with Crippen molar-refractivity contribution in [1.29, 1.82) is 0 Å². The number of rotatable bonds is 8. The number of aromatic nitrogens is 1. The average Bonchev–Trinajstić information content (AvgIpc) is 3.42. The molecule has 1 spiro atoms. The highest BCUT2D eigenvalue weighted by atomic mass is 79.9. The Morgan fingerprint density at radius 3 is 2.72 bits per heavy atom. The number of hydrogen-bond acceptors (Lipinski definition) is 7. The van der Waals surface area contributed by atoms with E-state index in [0.29, 0.717) is 39.5 Å². The van der Waals surface area contributed by atoms with E-state index in [-0.39, 0.29) is 35.1 Å². The van der Waals surface area contributed by atoms with Gasteiger partial charge in [-0.25, -0.2) is 4.39 Å². The number of amides is 2. The second-order valence-corrected chi connectivity index (χ2v) is 13.2. The molecule has 3 aromatic rings. The van der Waals surface area contributed by atoms with E-state index >= 15 is 4.39 Å². The summed E-state index contributed by atoms with van der Waals surface area (Å²) in [5.74, 6) is -1.83. The first-order valence-electron chi connectivity index (χ1n) is 13.8. The summed E-state index contributed by atoms with van der Waals surface area (Å²) in [4.78, 5) is 33.2. The monoisotopic (exact) mass is 674 g/mol. The van der Waals surface area contributed by atoms with Crippen molar-refractivity contribution >= 4 is 50.7 Å². The molecule has 4 N–H and O–H groups in total. The van der Waals surface area contributed by atoms with Gasteiger partial charge in [-0.15, -0.1) is 0 Å². The maximum Gasteiger partial charge on any atom is 0.242 e. The van der Waals surface area contributed by atoms with E-state index in [9.17, 15) is 9.59 Å². The van der Waals surface area contributed by atoms with Crippen molar-refractivity contribution in [3.63, 3.8) is 0 Å². The maximum atomic E-state index is 15.9. The van der Waals surface area contributed by atoms with Crippen molar-refractivity contribution in [2.75, 3.05) is 31.0 Å². The number of nitrogens with one attached hydrogen (secondary N) is 3. The predicted octanol–water partition coefficient (Wildman–Crippen LogP) is 5.41. The van der Waals surface area contributed by atoms with E-state index < -0.39 is 35.1 Å². The van der Waals surface area contributed by atoms with Crippen molar-refractivity contribution in [1.82, 2.24) is 10.3 Å². The van der Waals surface area contributed by atoms with Gasteiger partial charge in [0.25, 0.3) is 0 Å². The number of nitrogens with zero attached hydrogens (tertiary/aromatic N) is 1. The van der Waals surface area contributed by atoms with Crippen LogP contribution in [0.15, 0.2) is 53.1 Å². The Morgan fingerprint density at radius 1 is 1.26 bits per heavy atom. The van der Waals surface area contributed by atoms with Crippen LogP contribution in [0.3, 0.4) is 0 Å². The minimum Gasteiger partial charge on any atom is -0.494 e. The van der Waals surface area contributed by atoms with E-state index in [1.165, 1.54) is 13.2 Å². The van der Waals surface area contributed by atoms with Crippen LogP contribution in [0.25, 0.3) is 0 Å². The summed E-state index contributed by atoms with van der Waals surface area (Å²) in [6.07, 6.45) is 2.07. The smallest absolute Gasteiger partial charge is 0.242 e. The summed E-state index contributed by atoms with van der Waals surface area (Å²) in [6.45, 7) is 6.06. The molecule has 0 unspecified atom stereocenters. The average molecular weight is 676 g/mol. The summed E-state index contributed by atoms with van der Waals surface area (Å²) in [5, 5.41) is 18.3. The van der Waals surface area contributed by atoms with Crippen LogP contribution < -0.4 is 25.4 Å². The lowest BCUT2D eigenvalue weighted by Gasteiger charge is -2.37. The first-order valence-corrected chi connectivity index (χ1v) is 15.0. The van der Waals surface area contributed by atoms with Crippen LogP contribution in [0, 0.1) is 11.2 Å². The molecule has 9 nitrogen and oxygen atoms in total. The number of fused-ring (bicyclic) bond motifs is 2. The van der Waals surface area contributed by atoms with Gasteiger partial charge in [0.2, 0.25) is 11.8 Å². The Labute approximate surface area is 262 Å². The Balaban J connectivity index is 1.66. The first kappa shape index (κ1) is 31.2. The van der Waals surface area contributed by atoms with Crippen LogP contribution in [0.1, 0.15) is 44.4 Å². The molecule has 0 bridgehead atoms. The van der Waals surface area contributed by atoms with Gasteiger partial charge in [-0.3, -0.25) is 14.6 Å². The lowest BCUT2D eigenvalue weighted by Crippen LogP contribution is -2.50. The number of ether oxygens (including phenoxy) is 2. The standard InChI is InChI=1S/C31H33BrClFN4O5/c1-30(2,3)14-23-31(27-21(37-29(31)41)12-16(32)15-35-27)24(18-6-5-7-19(33)25(18)34)26(38-23)28(40)36-20-9-8-17(43-11-10-39)13-22(20)42-4/h5-9,12-13,15,23-24,26,38-39H,10-11,14H2,1-4H3,(H,36,40)(H,37,41)/t23-,24-,26+,31+/m0/s1. The topological polar surface area (TPSA) is 122 Å². The van der Waals surface area contributed by atoms with E-state index in [1.54, 1.807) is 42.6 Å². The molecule has 43 heavy (non-hydrogen) atoms. The number of carbonyl (C=O) groups excluding carboxylic acids is 2. The highest BCUT2D eigenvalue weighted by molar-refractivity contribution is 9.10. The molecule has 1 fully saturated rings. The third-order valence-corrected chi connectivity index (χ3v) is 8.56. The number of aliphatic hydroxyl groups is 1. The summed E-state index contributed by atoms with van der Waals surface area (Å²) in [7, 11) is 1.46. The number of anilines is 2. The van der Waals surface area contributed by atoms with Gasteiger partial charge < -0.3 is 30.5 Å². The molecule has 228 valence electrons. The number of methoxy groups -OCH3 is 1. The molecule has 4 atom stereocenters. The molecule has 0 aliphatic carbocycles. The second-order valence-electron chi connectivity index (χ2n) is 11.9. The first-order chi connectivity index (χ1) is 20.4. The molecule has 2 amide bonds. The third-order valence-electron chi connectivity index (χ3n) is 7.83. The van der Waals surface area contributed by atoms with Crippen LogP contribution >= 0.6 is 27.5 Å². The van der Waals surface area contributed by atoms with Gasteiger partial charge in [0, 0.05) is 28.7 Å². The summed E-state index contributed by atoms with van der Waals surface area (Å²) >= 11 is 9.70. The molecule has 5 rings (SSSR count). The number of benzene rings is 2. The number of pyridine rings is 1. The van der Waals surface area contributed by atoms with Gasteiger partial charge in [0.15, 0.2) is 0 Å². The quantitative estimate of drug-likeness (QED) is 0.252. The highest BCUT2D eigenvalue weighted by Crippen LogP contribution is 2.56. The minimum atomic E-state index is -1.44. The van der Waals surface area contributed by atoms with Crippen molar-refractivity contribution in [2.45, 2.75) is 50.6 Å². The van der Waals surface area contributed by atoms with Crippen LogP contribution in [0.4, 0.5) is 15.8 Å². The Kier molecular flexibility index (Phi) is 8.72. The fraction of sp³-hybridized carbons (Fsp3) is 0.387. The van der Waals surface area contributed by atoms with Gasteiger partial charge in [-0.2, -0.15) is 0 Å². The van der Waals surface area contributed by atoms with Crippen LogP contribution in [-0.4, -0.2) is 54.3 Å². The molecule has 1 aromatic heterocycles. The SMILES string of the molecule is COc1cc(OCCO)ccc1NC(=O)[C@@H]1N[C@@H](CC(C)(C)C)[C@@]2(C(=O)Nc3cc(Br)cnc32)[C@H]1c1cccc(Cl)c1F. The van der Waals surface area contributed by atoms with Crippen molar-refractivity contribution in [2.24, 2.45) is 5.41 Å². The lowest BCUT2D eigenvalue weighted by atomic mass is 9.64. The van der Waals surface area contributed by atoms with Gasteiger partial charge in [-0.05, 0) is 57.6 Å². The summed E-state index contributed by atoms with van der Waals surface area (Å²) < 4.78 is 27.6. The largest absolute Gasteiger partial charge is 0.494 e. The van der Waals surface area contributed by atoms with E-state index in [2.05, 4.69) is 36.9 Å². The molecule has 2 aromatic carbocycles. The van der Waals surface area contributed by atoms with Gasteiger partial charge >= 0.3 is 0 Å². The fourth-order valence-electron chi connectivity index (χ4n) is 6.22. The zero-order valence-corrected chi connectivity index (χ0v) is 26.5. The molecule has 2 aliphatic rings. The Bertz CT molecular complexity index is 1570. The normalized spacial score (nSPS) is 22.8. The molecule has 0 saturated carbocycles. The molecule has 3 heterocycles. The molecule has 2 aliphatic heterocycles. The number of hydrogen-bond donors (Lipinski definition) is 4. The van der Waals surface area contributed by atoms with E-state index in [0.717, 1.165) is 0 Å². The van der Waals surface area contributed by atoms with Crippen LogP contribution in [-0.2, 0) is 15.0 Å². The zero-order valence-electron chi connectivity index (χ0n) is 24.1. The Hall–Kier alpha value is -3.25. The number of halogens is 3. The van der Waals surface area contributed by atoms with Gasteiger partial charge in [0.05, 0.1) is 41.8 Å². The van der Waals surface area contributed by atoms with Gasteiger partial charge in [0.1, 0.15) is 29.3 Å². The van der Waals surface area contributed by atoms with Gasteiger partial charge in [-0.1, -0.05) is 44.5 Å². The highest BCUT2D eigenvalue weighted by Gasteiger charge is 2.67. The predicted molar refractivity (Wildman–Crippen MR) is 165 cm³/mol. The zero-order chi connectivity index (χ0) is 31.1. The summed E-state index contributed by atoms with van der Waals surface area (Å²) in [6, 6.07) is 9.53. The molecule has 12 heteroatoms. The Morgan fingerprint density at radius 2 is 2.02 bits per heavy atom. The molecular weight excluding hydrogens is 643 g/mol. The molecule has 0 radical (unpaired) electrons. The van der Waals surface area contributed by atoms with E-state index in [1.807, 2.05) is 20.8 Å².